The molecule has 1 N–H and O–H groups in total. The smallest absolute Gasteiger partial charge is 0.0698 e. The third-order valence-electron chi connectivity index (χ3n) is 4.86. The van der Waals surface area contributed by atoms with Crippen LogP contribution in [-0.4, -0.2) is 67.5 Å². The summed E-state index contributed by atoms with van der Waals surface area (Å²) in [6.07, 6.45) is 0. The van der Waals surface area contributed by atoms with Crippen LogP contribution in [0.3, 0.4) is 0 Å². The molecule has 156 valence electrons. The minimum atomic E-state index is 0. The molecular formula is C21H29Cl3N2O2. The summed E-state index contributed by atoms with van der Waals surface area (Å²) in [5, 5.41) is 9.55. The Bertz CT molecular complexity index is 650. The summed E-state index contributed by atoms with van der Waals surface area (Å²) in [6.45, 7) is 6.20. The lowest BCUT2D eigenvalue weighted by molar-refractivity contribution is 0.0522. The monoisotopic (exact) mass is 446 g/mol. The van der Waals surface area contributed by atoms with Crippen LogP contribution >= 0.6 is 36.4 Å². The van der Waals surface area contributed by atoms with E-state index >= 15 is 0 Å². The van der Waals surface area contributed by atoms with Gasteiger partial charge in [0.25, 0.3) is 0 Å². The van der Waals surface area contributed by atoms with E-state index in [9.17, 15) is 0 Å². The Morgan fingerprint density at radius 3 is 2.07 bits per heavy atom. The van der Waals surface area contributed by atoms with Crippen LogP contribution in [0, 0.1) is 0 Å². The molecule has 7 heteroatoms. The lowest BCUT2D eigenvalue weighted by Gasteiger charge is -2.39. The molecule has 0 amide bonds. The van der Waals surface area contributed by atoms with Gasteiger partial charge < -0.3 is 9.84 Å². The van der Waals surface area contributed by atoms with Crippen LogP contribution in [0.1, 0.15) is 17.2 Å². The van der Waals surface area contributed by atoms with E-state index in [4.69, 9.17) is 21.4 Å². The number of piperazine rings is 1. The van der Waals surface area contributed by atoms with E-state index in [1.165, 1.54) is 11.1 Å². The standard InChI is InChI=1S/C21H27ClN2O2.2ClH/c22-20-8-6-19(7-9-20)21(18-4-2-1-3-5-18)24-12-10-23(11-13-24)14-16-26-17-15-25;;/h1-9,21,25H,10-17H2;2*1H/t21-;;/m0../s1. The average molecular weight is 448 g/mol. The summed E-state index contributed by atoms with van der Waals surface area (Å²) in [4.78, 5) is 4.97. The molecule has 0 radical (unpaired) electrons. The maximum atomic E-state index is 8.78. The van der Waals surface area contributed by atoms with Crippen LogP contribution in [0.25, 0.3) is 0 Å². The highest BCUT2D eigenvalue weighted by atomic mass is 35.5. The first-order valence-corrected chi connectivity index (χ1v) is 9.61. The van der Waals surface area contributed by atoms with Gasteiger partial charge in [0, 0.05) is 37.7 Å². The molecule has 0 aromatic heterocycles. The second kappa shape index (κ2) is 13.4. The van der Waals surface area contributed by atoms with Gasteiger partial charge in [0.05, 0.1) is 25.9 Å². The Morgan fingerprint density at radius 2 is 1.46 bits per heavy atom. The molecule has 0 unspecified atom stereocenters. The first-order chi connectivity index (χ1) is 12.8. The largest absolute Gasteiger partial charge is 0.394 e. The number of halogens is 3. The van der Waals surface area contributed by atoms with Crippen molar-refractivity contribution >= 4 is 36.4 Å². The molecule has 4 nitrogen and oxygen atoms in total. The highest BCUT2D eigenvalue weighted by molar-refractivity contribution is 6.30. The van der Waals surface area contributed by atoms with E-state index in [2.05, 4.69) is 52.3 Å². The van der Waals surface area contributed by atoms with E-state index in [0.29, 0.717) is 13.2 Å². The molecule has 2 aromatic carbocycles. The normalized spacial score (nSPS) is 16.1. The SMILES string of the molecule is Cl.Cl.OCCOCCN1CCN([C@@H](c2ccccc2)c2ccc(Cl)cc2)CC1. The molecule has 0 saturated carbocycles. The van der Waals surface area contributed by atoms with Crippen LogP contribution in [0.15, 0.2) is 54.6 Å². The molecule has 0 spiro atoms. The molecule has 1 aliphatic rings. The van der Waals surface area contributed by atoms with Gasteiger partial charge in [-0.05, 0) is 23.3 Å². The predicted octanol–water partition coefficient (Wildman–Crippen LogP) is 3.90. The Labute approximate surface area is 185 Å². The average Bonchev–Trinajstić information content (AvgIpc) is 2.69. The van der Waals surface area contributed by atoms with Crippen molar-refractivity contribution in [2.45, 2.75) is 6.04 Å². The number of benzene rings is 2. The first kappa shape index (κ1) is 25.2. The van der Waals surface area contributed by atoms with Crippen molar-refractivity contribution < 1.29 is 9.84 Å². The molecule has 1 heterocycles. The summed E-state index contributed by atoms with van der Waals surface area (Å²) >= 11 is 6.09. The fraction of sp³-hybridized carbons (Fsp3) is 0.429. The Kier molecular flexibility index (Phi) is 12.0. The number of hydrogen-bond acceptors (Lipinski definition) is 4. The zero-order valence-corrected chi connectivity index (χ0v) is 18.3. The van der Waals surface area contributed by atoms with Crippen LogP contribution < -0.4 is 0 Å². The van der Waals surface area contributed by atoms with Gasteiger partial charge in [-0.3, -0.25) is 9.80 Å². The second-order valence-corrected chi connectivity index (χ2v) is 7.01. The molecule has 1 aliphatic heterocycles. The molecule has 2 aromatic rings. The number of ether oxygens (including phenoxy) is 1. The highest BCUT2D eigenvalue weighted by Crippen LogP contribution is 2.30. The van der Waals surface area contributed by atoms with Crippen molar-refractivity contribution in [2.24, 2.45) is 0 Å². The van der Waals surface area contributed by atoms with Crippen molar-refractivity contribution in [1.29, 1.82) is 0 Å². The summed E-state index contributed by atoms with van der Waals surface area (Å²) in [5.74, 6) is 0. The molecule has 1 atom stereocenters. The van der Waals surface area contributed by atoms with Gasteiger partial charge in [-0.2, -0.15) is 0 Å². The van der Waals surface area contributed by atoms with E-state index in [-0.39, 0.29) is 37.5 Å². The first-order valence-electron chi connectivity index (χ1n) is 9.23. The van der Waals surface area contributed by atoms with E-state index in [0.717, 1.165) is 37.7 Å². The minimum absolute atomic E-state index is 0. The molecular weight excluding hydrogens is 419 g/mol. The van der Waals surface area contributed by atoms with Gasteiger partial charge in [0.2, 0.25) is 0 Å². The third kappa shape index (κ3) is 7.20. The van der Waals surface area contributed by atoms with Crippen LogP contribution in [0.5, 0.6) is 0 Å². The number of aliphatic hydroxyl groups is 1. The summed E-state index contributed by atoms with van der Waals surface area (Å²) in [5.41, 5.74) is 2.59. The van der Waals surface area contributed by atoms with E-state index < -0.39 is 0 Å². The van der Waals surface area contributed by atoms with E-state index in [1.807, 2.05) is 12.1 Å². The lowest BCUT2D eigenvalue weighted by Crippen LogP contribution is -2.48. The zero-order valence-electron chi connectivity index (χ0n) is 15.9. The van der Waals surface area contributed by atoms with Crippen molar-refractivity contribution in [2.75, 3.05) is 52.5 Å². The van der Waals surface area contributed by atoms with Gasteiger partial charge in [-0.15, -0.1) is 24.8 Å². The maximum absolute atomic E-state index is 8.78. The van der Waals surface area contributed by atoms with Crippen LogP contribution in [-0.2, 0) is 4.74 Å². The predicted molar refractivity (Wildman–Crippen MR) is 120 cm³/mol. The van der Waals surface area contributed by atoms with Gasteiger partial charge in [-0.1, -0.05) is 54.1 Å². The van der Waals surface area contributed by atoms with Crippen molar-refractivity contribution in [3.05, 3.63) is 70.7 Å². The van der Waals surface area contributed by atoms with Crippen molar-refractivity contribution in [3.8, 4) is 0 Å². The summed E-state index contributed by atoms with van der Waals surface area (Å²) < 4.78 is 5.39. The number of hydrogen-bond donors (Lipinski definition) is 1. The zero-order chi connectivity index (χ0) is 18.2. The van der Waals surface area contributed by atoms with Crippen LogP contribution in [0.2, 0.25) is 5.02 Å². The molecule has 28 heavy (non-hydrogen) atoms. The van der Waals surface area contributed by atoms with Gasteiger partial charge >= 0.3 is 0 Å². The Hall–Kier alpha value is -0.850. The summed E-state index contributed by atoms with van der Waals surface area (Å²) in [7, 11) is 0. The number of aliphatic hydroxyl groups excluding tert-OH is 1. The molecule has 1 saturated heterocycles. The minimum Gasteiger partial charge on any atom is -0.394 e. The van der Waals surface area contributed by atoms with Crippen molar-refractivity contribution in [3.63, 3.8) is 0 Å². The Morgan fingerprint density at radius 1 is 0.857 bits per heavy atom. The summed E-state index contributed by atoms with van der Waals surface area (Å²) in [6, 6.07) is 19.1. The highest BCUT2D eigenvalue weighted by Gasteiger charge is 2.26. The van der Waals surface area contributed by atoms with E-state index in [1.54, 1.807) is 0 Å². The van der Waals surface area contributed by atoms with Gasteiger partial charge in [0.1, 0.15) is 0 Å². The second-order valence-electron chi connectivity index (χ2n) is 6.58. The van der Waals surface area contributed by atoms with Gasteiger partial charge in [-0.25, -0.2) is 0 Å². The fourth-order valence-electron chi connectivity index (χ4n) is 3.50. The van der Waals surface area contributed by atoms with Crippen LogP contribution in [0.4, 0.5) is 0 Å². The van der Waals surface area contributed by atoms with Crippen molar-refractivity contribution in [1.82, 2.24) is 9.80 Å². The maximum Gasteiger partial charge on any atom is 0.0698 e. The lowest BCUT2D eigenvalue weighted by atomic mass is 9.96. The molecule has 0 aliphatic carbocycles. The molecule has 3 rings (SSSR count). The molecule has 1 fully saturated rings. The Balaban J connectivity index is 0.00000196. The topological polar surface area (TPSA) is 35.9 Å². The molecule has 0 bridgehead atoms. The fourth-order valence-corrected chi connectivity index (χ4v) is 3.63. The number of rotatable bonds is 8. The quantitative estimate of drug-likeness (QED) is 0.623. The van der Waals surface area contributed by atoms with Gasteiger partial charge in [0.15, 0.2) is 0 Å². The number of nitrogens with zero attached hydrogens (tertiary/aromatic N) is 2. The third-order valence-corrected chi connectivity index (χ3v) is 5.11.